The summed E-state index contributed by atoms with van der Waals surface area (Å²) in [6, 6.07) is 16.7. The van der Waals surface area contributed by atoms with Gasteiger partial charge >= 0.3 is 0 Å². The van der Waals surface area contributed by atoms with Crippen molar-refractivity contribution in [1.82, 2.24) is 10.2 Å². The lowest BCUT2D eigenvalue weighted by molar-refractivity contribution is -0.122. The molecule has 1 atom stereocenters. The van der Waals surface area contributed by atoms with E-state index in [0.29, 0.717) is 18.0 Å². The van der Waals surface area contributed by atoms with E-state index >= 15 is 0 Å². The number of nitrogens with one attached hydrogen (secondary N) is 2. The summed E-state index contributed by atoms with van der Waals surface area (Å²) in [6.45, 7) is 0.345. The van der Waals surface area contributed by atoms with Crippen LogP contribution in [0.1, 0.15) is 6.42 Å². The second-order valence-corrected chi connectivity index (χ2v) is 6.65. The molecule has 1 saturated heterocycles. The molecule has 142 valence electrons. The molecule has 1 fully saturated rings. The lowest BCUT2D eigenvalue weighted by Crippen LogP contribution is -2.28. The molecule has 28 heavy (non-hydrogen) atoms. The molecular formula is C21H20N4O3. The van der Waals surface area contributed by atoms with E-state index < -0.39 is 5.92 Å². The minimum absolute atomic E-state index is 0.0698. The number of hydrogen-bond acceptors (Lipinski definition) is 4. The molecule has 2 heterocycles. The third kappa shape index (κ3) is 3.59. The predicted octanol–water partition coefficient (Wildman–Crippen LogP) is 3.08. The van der Waals surface area contributed by atoms with Crippen LogP contribution in [0.2, 0.25) is 0 Å². The lowest BCUT2D eigenvalue weighted by Gasteiger charge is -2.17. The number of amides is 2. The fourth-order valence-electron chi connectivity index (χ4n) is 3.34. The molecule has 1 unspecified atom stereocenters. The summed E-state index contributed by atoms with van der Waals surface area (Å²) in [5, 5.41) is 9.77. The van der Waals surface area contributed by atoms with Gasteiger partial charge in [0, 0.05) is 42.2 Å². The number of methoxy groups -OCH3 is 1. The van der Waals surface area contributed by atoms with E-state index in [0.717, 1.165) is 16.9 Å². The quantitative estimate of drug-likeness (QED) is 0.716. The Bertz CT molecular complexity index is 1000. The molecule has 1 aliphatic rings. The molecule has 2 N–H and O–H groups in total. The Hall–Kier alpha value is -3.61. The maximum absolute atomic E-state index is 12.7. The summed E-state index contributed by atoms with van der Waals surface area (Å²) in [7, 11) is 1.58. The predicted molar refractivity (Wildman–Crippen MR) is 106 cm³/mol. The van der Waals surface area contributed by atoms with Crippen molar-refractivity contribution < 1.29 is 14.3 Å². The van der Waals surface area contributed by atoms with Gasteiger partial charge in [-0.3, -0.25) is 14.7 Å². The number of nitrogens with zero attached hydrogens (tertiary/aromatic N) is 2. The number of anilines is 2. The lowest BCUT2D eigenvalue weighted by atomic mass is 10.1. The minimum atomic E-state index is -0.408. The number of aromatic amines is 1. The number of aromatic nitrogens is 2. The first-order valence-corrected chi connectivity index (χ1v) is 8.99. The molecule has 0 bridgehead atoms. The highest BCUT2D eigenvalue weighted by Crippen LogP contribution is 2.29. The maximum Gasteiger partial charge on any atom is 0.229 e. The molecule has 0 spiro atoms. The molecule has 7 nitrogen and oxygen atoms in total. The third-order valence-electron chi connectivity index (χ3n) is 4.80. The summed E-state index contributed by atoms with van der Waals surface area (Å²) >= 11 is 0. The zero-order valence-electron chi connectivity index (χ0n) is 15.4. The Morgan fingerprint density at radius 1 is 1.21 bits per heavy atom. The van der Waals surface area contributed by atoms with Gasteiger partial charge in [-0.1, -0.05) is 18.2 Å². The van der Waals surface area contributed by atoms with Crippen molar-refractivity contribution >= 4 is 23.2 Å². The number of ether oxygens (including phenoxy) is 1. The summed E-state index contributed by atoms with van der Waals surface area (Å²) in [5.41, 5.74) is 3.22. The first-order chi connectivity index (χ1) is 13.6. The van der Waals surface area contributed by atoms with Gasteiger partial charge in [0.25, 0.3) is 0 Å². The average molecular weight is 376 g/mol. The number of carbonyl (C=O) groups is 2. The minimum Gasteiger partial charge on any atom is -0.497 e. The fraction of sp³-hybridized carbons (Fsp3) is 0.190. The first kappa shape index (κ1) is 17.8. The smallest absolute Gasteiger partial charge is 0.229 e. The first-order valence-electron chi connectivity index (χ1n) is 8.99. The monoisotopic (exact) mass is 376 g/mol. The van der Waals surface area contributed by atoms with Crippen LogP contribution in [0.4, 0.5) is 11.4 Å². The van der Waals surface area contributed by atoms with Gasteiger partial charge in [-0.15, -0.1) is 0 Å². The van der Waals surface area contributed by atoms with Crippen molar-refractivity contribution in [3.8, 4) is 17.0 Å². The van der Waals surface area contributed by atoms with Gasteiger partial charge in [0.05, 0.1) is 18.7 Å². The molecule has 2 aromatic carbocycles. The van der Waals surface area contributed by atoms with Crippen molar-refractivity contribution in [2.45, 2.75) is 6.42 Å². The molecular weight excluding hydrogens is 356 g/mol. The number of hydrogen-bond donors (Lipinski definition) is 2. The fourth-order valence-corrected chi connectivity index (χ4v) is 3.34. The maximum atomic E-state index is 12.7. The summed E-state index contributed by atoms with van der Waals surface area (Å²) in [6.07, 6.45) is 1.86. The van der Waals surface area contributed by atoms with E-state index in [4.69, 9.17) is 4.74 Å². The van der Waals surface area contributed by atoms with Gasteiger partial charge < -0.3 is 15.0 Å². The van der Waals surface area contributed by atoms with E-state index in [9.17, 15) is 9.59 Å². The Morgan fingerprint density at radius 3 is 2.86 bits per heavy atom. The van der Waals surface area contributed by atoms with Gasteiger partial charge in [-0.2, -0.15) is 5.10 Å². The van der Waals surface area contributed by atoms with Gasteiger partial charge in [0.15, 0.2) is 0 Å². The topological polar surface area (TPSA) is 87.3 Å². The largest absolute Gasteiger partial charge is 0.497 e. The Labute approximate surface area is 162 Å². The second kappa shape index (κ2) is 7.56. The summed E-state index contributed by atoms with van der Waals surface area (Å²) < 4.78 is 5.22. The van der Waals surface area contributed by atoms with Gasteiger partial charge in [-0.05, 0) is 30.3 Å². The standard InChI is InChI=1S/C21H20N4O3/c1-28-18-7-3-6-17(12-18)25-13-15(11-20(25)26)21(27)23-16-5-2-4-14(10-16)19-8-9-22-24-19/h2-10,12,15H,11,13H2,1H3,(H,22,24)(H,23,27). The Balaban J connectivity index is 1.46. The average Bonchev–Trinajstić information content (AvgIpc) is 3.38. The zero-order chi connectivity index (χ0) is 19.5. The Kier molecular flexibility index (Phi) is 4.80. The summed E-state index contributed by atoms with van der Waals surface area (Å²) in [4.78, 5) is 26.8. The van der Waals surface area contributed by atoms with Crippen molar-refractivity contribution in [2.75, 3.05) is 23.9 Å². The highest BCUT2D eigenvalue weighted by Gasteiger charge is 2.35. The number of carbonyl (C=O) groups excluding carboxylic acids is 2. The van der Waals surface area contributed by atoms with Crippen LogP contribution in [0.15, 0.2) is 60.8 Å². The van der Waals surface area contributed by atoms with Crippen molar-refractivity contribution in [1.29, 1.82) is 0 Å². The molecule has 4 rings (SSSR count). The van der Waals surface area contributed by atoms with E-state index in [1.54, 1.807) is 24.3 Å². The molecule has 3 aromatic rings. The van der Waals surface area contributed by atoms with Gasteiger partial charge in [0.2, 0.25) is 11.8 Å². The van der Waals surface area contributed by atoms with E-state index in [2.05, 4.69) is 15.5 Å². The molecule has 0 aliphatic carbocycles. The molecule has 1 aliphatic heterocycles. The highest BCUT2D eigenvalue weighted by atomic mass is 16.5. The van der Waals surface area contributed by atoms with Crippen LogP contribution in [-0.2, 0) is 9.59 Å². The number of H-pyrrole nitrogens is 1. The van der Waals surface area contributed by atoms with Crippen LogP contribution in [0, 0.1) is 5.92 Å². The molecule has 0 radical (unpaired) electrons. The van der Waals surface area contributed by atoms with Crippen LogP contribution >= 0.6 is 0 Å². The van der Waals surface area contributed by atoms with Crippen LogP contribution in [0.5, 0.6) is 5.75 Å². The second-order valence-electron chi connectivity index (χ2n) is 6.65. The Morgan fingerprint density at radius 2 is 2.07 bits per heavy atom. The SMILES string of the molecule is COc1cccc(N2CC(C(=O)Nc3cccc(-c4ccn[nH]4)c3)CC2=O)c1. The van der Waals surface area contributed by atoms with E-state index in [1.165, 1.54) is 0 Å². The molecule has 2 amide bonds. The van der Waals surface area contributed by atoms with Crippen molar-refractivity contribution in [3.63, 3.8) is 0 Å². The number of benzene rings is 2. The van der Waals surface area contributed by atoms with Gasteiger partial charge in [-0.25, -0.2) is 0 Å². The van der Waals surface area contributed by atoms with E-state index in [1.807, 2.05) is 48.5 Å². The van der Waals surface area contributed by atoms with Gasteiger partial charge in [0.1, 0.15) is 5.75 Å². The van der Waals surface area contributed by atoms with Crippen LogP contribution in [0.3, 0.4) is 0 Å². The van der Waals surface area contributed by atoms with Crippen molar-refractivity contribution in [3.05, 3.63) is 60.8 Å². The molecule has 7 heteroatoms. The number of rotatable bonds is 5. The van der Waals surface area contributed by atoms with Crippen LogP contribution < -0.4 is 15.0 Å². The zero-order valence-corrected chi connectivity index (χ0v) is 15.4. The molecule has 1 aromatic heterocycles. The normalized spacial score (nSPS) is 16.2. The van der Waals surface area contributed by atoms with Crippen LogP contribution in [-0.4, -0.2) is 35.7 Å². The highest BCUT2D eigenvalue weighted by molar-refractivity contribution is 6.03. The van der Waals surface area contributed by atoms with Crippen molar-refractivity contribution in [2.24, 2.45) is 5.92 Å². The molecule has 0 saturated carbocycles. The third-order valence-corrected chi connectivity index (χ3v) is 4.80. The van der Waals surface area contributed by atoms with E-state index in [-0.39, 0.29) is 18.2 Å². The van der Waals surface area contributed by atoms with Crippen LogP contribution in [0.25, 0.3) is 11.3 Å². The summed E-state index contributed by atoms with van der Waals surface area (Å²) in [5.74, 6) is 0.0310.